The van der Waals surface area contributed by atoms with Gasteiger partial charge in [0.25, 0.3) is 0 Å². The van der Waals surface area contributed by atoms with E-state index < -0.39 is 12.1 Å². The highest BCUT2D eigenvalue weighted by Crippen LogP contribution is 2.14. The summed E-state index contributed by atoms with van der Waals surface area (Å²) in [5, 5.41) is 8.92. The fourth-order valence-electron chi connectivity index (χ4n) is 1.98. The van der Waals surface area contributed by atoms with E-state index in [9.17, 15) is 4.79 Å². The summed E-state index contributed by atoms with van der Waals surface area (Å²) in [6.45, 7) is 2.39. The third-order valence-corrected chi connectivity index (χ3v) is 2.99. The van der Waals surface area contributed by atoms with Crippen LogP contribution in [0.25, 0.3) is 0 Å². The zero-order chi connectivity index (χ0) is 13.0. The molecule has 0 spiro atoms. The topological polar surface area (TPSA) is 59.0 Å². The van der Waals surface area contributed by atoms with Crippen LogP contribution in [0.3, 0.4) is 0 Å². The number of rotatable bonds is 4. The Morgan fingerprint density at radius 1 is 1.50 bits per heavy atom. The number of hydrogen-bond donors (Lipinski definition) is 1. The van der Waals surface area contributed by atoms with Crippen molar-refractivity contribution in [2.45, 2.75) is 12.6 Å². The number of morpholine rings is 1. The van der Waals surface area contributed by atoms with Gasteiger partial charge in [-0.25, -0.2) is 4.79 Å². The van der Waals surface area contributed by atoms with Crippen molar-refractivity contribution in [3.8, 4) is 5.75 Å². The molecule has 1 N–H and O–H groups in total. The molecule has 1 saturated heterocycles. The van der Waals surface area contributed by atoms with E-state index in [-0.39, 0.29) is 0 Å². The highest BCUT2D eigenvalue weighted by atomic mass is 16.5. The maximum Gasteiger partial charge on any atom is 0.334 e. The molecule has 1 atom stereocenters. The van der Waals surface area contributed by atoms with Gasteiger partial charge in [0, 0.05) is 19.6 Å². The van der Waals surface area contributed by atoms with Crippen molar-refractivity contribution in [3.05, 3.63) is 29.8 Å². The van der Waals surface area contributed by atoms with Gasteiger partial charge in [0.2, 0.25) is 0 Å². The van der Waals surface area contributed by atoms with Gasteiger partial charge in [-0.3, -0.25) is 4.90 Å². The van der Waals surface area contributed by atoms with E-state index in [0.717, 1.165) is 24.4 Å². The van der Waals surface area contributed by atoms with Gasteiger partial charge in [0.15, 0.2) is 6.10 Å². The fourth-order valence-corrected chi connectivity index (χ4v) is 1.98. The van der Waals surface area contributed by atoms with Gasteiger partial charge in [-0.1, -0.05) is 12.1 Å². The van der Waals surface area contributed by atoms with Gasteiger partial charge in [-0.05, 0) is 17.7 Å². The van der Waals surface area contributed by atoms with Crippen LogP contribution < -0.4 is 4.74 Å². The van der Waals surface area contributed by atoms with E-state index in [1.54, 1.807) is 7.11 Å². The van der Waals surface area contributed by atoms with Crippen molar-refractivity contribution in [2.75, 3.05) is 26.8 Å². The summed E-state index contributed by atoms with van der Waals surface area (Å²) in [5.41, 5.74) is 1.14. The Kier molecular flexibility index (Phi) is 4.17. The summed E-state index contributed by atoms with van der Waals surface area (Å²) in [6.07, 6.45) is -0.711. The van der Waals surface area contributed by atoms with Crippen molar-refractivity contribution in [1.29, 1.82) is 0 Å². The first-order valence-corrected chi connectivity index (χ1v) is 5.89. The van der Waals surface area contributed by atoms with E-state index in [2.05, 4.69) is 4.90 Å². The van der Waals surface area contributed by atoms with Crippen LogP contribution in [-0.4, -0.2) is 48.9 Å². The van der Waals surface area contributed by atoms with E-state index in [4.69, 9.17) is 14.6 Å². The van der Waals surface area contributed by atoms with Crippen LogP contribution in [0.5, 0.6) is 5.75 Å². The van der Waals surface area contributed by atoms with Crippen LogP contribution in [0.1, 0.15) is 5.56 Å². The lowest BCUT2D eigenvalue weighted by Gasteiger charge is -2.30. The predicted molar refractivity (Wildman–Crippen MR) is 65.6 cm³/mol. The van der Waals surface area contributed by atoms with Crippen LogP contribution in [0.15, 0.2) is 24.3 Å². The zero-order valence-electron chi connectivity index (χ0n) is 10.3. The lowest BCUT2D eigenvalue weighted by atomic mass is 10.2. The van der Waals surface area contributed by atoms with E-state index in [1.165, 1.54) is 0 Å². The first-order valence-electron chi connectivity index (χ1n) is 5.89. The molecule has 0 bridgehead atoms. The molecule has 0 radical (unpaired) electrons. The molecular formula is C13H17NO4. The average Bonchev–Trinajstić information content (AvgIpc) is 2.40. The maximum absolute atomic E-state index is 10.9. The molecule has 0 saturated carbocycles. The largest absolute Gasteiger partial charge is 0.497 e. The quantitative estimate of drug-likeness (QED) is 0.864. The van der Waals surface area contributed by atoms with Crippen LogP contribution in [0.2, 0.25) is 0 Å². The SMILES string of the molecule is COc1ccc(CN2CCOC(C(=O)O)C2)cc1. The van der Waals surface area contributed by atoms with E-state index in [0.29, 0.717) is 13.2 Å². The Hall–Kier alpha value is -1.59. The van der Waals surface area contributed by atoms with Crippen molar-refractivity contribution in [3.63, 3.8) is 0 Å². The third-order valence-electron chi connectivity index (χ3n) is 2.99. The van der Waals surface area contributed by atoms with Crippen molar-refractivity contribution in [1.82, 2.24) is 4.90 Å². The number of hydrogen-bond acceptors (Lipinski definition) is 4. The van der Waals surface area contributed by atoms with Gasteiger partial charge in [-0.2, -0.15) is 0 Å². The molecule has 1 heterocycles. The summed E-state index contributed by atoms with van der Waals surface area (Å²) in [5.74, 6) is -0.0708. The number of nitrogens with zero attached hydrogens (tertiary/aromatic N) is 1. The van der Waals surface area contributed by atoms with Crippen molar-refractivity contribution in [2.24, 2.45) is 0 Å². The van der Waals surface area contributed by atoms with Gasteiger partial charge in [0.1, 0.15) is 5.75 Å². The Morgan fingerprint density at radius 2 is 2.22 bits per heavy atom. The molecular weight excluding hydrogens is 234 g/mol. The zero-order valence-corrected chi connectivity index (χ0v) is 10.3. The summed E-state index contributed by atoms with van der Waals surface area (Å²) in [4.78, 5) is 13.0. The van der Waals surface area contributed by atoms with Crippen molar-refractivity contribution >= 4 is 5.97 Å². The molecule has 1 aromatic rings. The molecule has 5 heteroatoms. The third kappa shape index (κ3) is 3.21. The Labute approximate surface area is 106 Å². The molecule has 1 fully saturated rings. The minimum absolute atomic E-state index is 0.432. The first kappa shape index (κ1) is 12.9. The molecule has 0 aliphatic carbocycles. The highest BCUT2D eigenvalue weighted by Gasteiger charge is 2.25. The summed E-state index contributed by atoms with van der Waals surface area (Å²) >= 11 is 0. The summed E-state index contributed by atoms with van der Waals surface area (Å²) in [7, 11) is 1.63. The second-order valence-corrected chi connectivity index (χ2v) is 4.28. The number of carboxylic acid groups (broad SMARTS) is 1. The van der Waals surface area contributed by atoms with Gasteiger partial charge in [-0.15, -0.1) is 0 Å². The number of ether oxygens (including phenoxy) is 2. The number of aliphatic carboxylic acids is 1. The van der Waals surface area contributed by atoms with Gasteiger partial charge in [0.05, 0.1) is 13.7 Å². The van der Waals surface area contributed by atoms with Crippen LogP contribution in [-0.2, 0) is 16.1 Å². The monoisotopic (exact) mass is 251 g/mol. The Morgan fingerprint density at radius 3 is 2.83 bits per heavy atom. The number of carboxylic acids is 1. The normalized spacial score (nSPS) is 20.6. The fraction of sp³-hybridized carbons (Fsp3) is 0.462. The Bertz CT molecular complexity index is 404. The molecule has 2 rings (SSSR count). The second-order valence-electron chi connectivity index (χ2n) is 4.28. The molecule has 1 aliphatic heterocycles. The molecule has 98 valence electrons. The minimum atomic E-state index is -0.894. The standard InChI is InChI=1S/C13H17NO4/c1-17-11-4-2-10(3-5-11)8-14-6-7-18-12(9-14)13(15)16/h2-5,12H,6-9H2,1H3,(H,15,16). The van der Waals surface area contributed by atoms with Crippen LogP contribution >= 0.6 is 0 Å². The maximum atomic E-state index is 10.9. The minimum Gasteiger partial charge on any atom is -0.497 e. The average molecular weight is 251 g/mol. The smallest absolute Gasteiger partial charge is 0.334 e. The van der Waals surface area contributed by atoms with Crippen LogP contribution in [0, 0.1) is 0 Å². The van der Waals surface area contributed by atoms with E-state index in [1.807, 2.05) is 24.3 Å². The molecule has 1 aromatic carbocycles. The Balaban J connectivity index is 1.93. The summed E-state index contributed by atoms with van der Waals surface area (Å²) in [6, 6.07) is 7.79. The van der Waals surface area contributed by atoms with Gasteiger partial charge >= 0.3 is 5.97 Å². The second kappa shape index (κ2) is 5.84. The van der Waals surface area contributed by atoms with E-state index >= 15 is 0 Å². The number of carbonyl (C=O) groups is 1. The number of methoxy groups -OCH3 is 1. The first-order chi connectivity index (χ1) is 8.69. The molecule has 0 aromatic heterocycles. The predicted octanol–water partition coefficient (Wildman–Crippen LogP) is 0.981. The molecule has 5 nitrogen and oxygen atoms in total. The van der Waals surface area contributed by atoms with Gasteiger partial charge < -0.3 is 14.6 Å². The highest BCUT2D eigenvalue weighted by molar-refractivity contribution is 5.72. The molecule has 1 aliphatic rings. The lowest BCUT2D eigenvalue weighted by Crippen LogP contribution is -2.45. The summed E-state index contributed by atoms with van der Waals surface area (Å²) < 4.78 is 10.3. The van der Waals surface area contributed by atoms with Crippen molar-refractivity contribution < 1.29 is 19.4 Å². The molecule has 0 amide bonds. The number of benzene rings is 1. The van der Waals surface area contributed by atoms with Crippen LogP contribution in [0.4, 0.5) is 0 Å². The molecule has 18 heavy (non-hydrogen) atoms. The molecule has 1 unspecified atom stereocenters. The lowest BCUT2D eigenvalue weighted by molar-refractivity contribution is -0.156.